The van der Waals surface area contributed by atoms with Crippen molar-refractivity contribution in [3.05, 3.63) is 66.0 Å². The van der Waals surface area contributed by atoms with Crippen LogP contribution in [0.15, 0.2) is 54.6 Å². The van der Waals surface area contributed by atoms with Gasteiger partial charge in [0, 0.05) is 38.4 Å². The zero-order chi connectivity index (χ0) is 16.1. The summed E-state index contributed by atoms with van der Waals surface area (Å²) in [5.41, 5.74) is 2.03. The first kappa shape index (κ1) is 16.0. The first-order valence-corrected chi connectivity index (χ1v) is 8.18. The lowest BCUT2D eigenvalue weighted by molar-refractivity contribution is 0.117. The van der Waals surface area contributed by atoms with Crippen molar-refractivity contribution >= 4 is 5.69 Å². The molecule has 0 radical (unpaired) electrons. The van der Waals surface area contributed by atoms with E-state index in [4.69, 9.17) is 0 Å². The Balaban J connectivity index is 1.57. The Morgan fingerprint density at radius 1 is 0.913 bits per heavy atom. The average molecular weight is 314 g/mol. The Labute approximate surface area is 137 Å². The smallest absolute Gasteiger partial charge is 0.123 e. The highest BCUT2D eigenvalue weighted by molar-refractivity contribution is 5.46. The van der Waals surface area contributed by atoms with E-state index in [0.717, 1.165) is 38.2 Å². The van der Waals surface area contributed by atoms with Crippen LogP contribution < -0.4 is 4.90 Å². The molecule has 0 saturated carbocycles. The van der Waals surface area contributed by atoms with E-state index in [2.05, 4.69) is 34.1 Å². The van der Waals surface area contributed by atoms with Gasteiger partial charge in [0.25, 0.3) is 0 Å². The molecule has 0 bridgehead atoms. The van der Waals surface area contributed by atoms with E-state index >= 15 is 0 Å². The molecular formula is C19H23FN2O. The Hall–Kier alpha value is -1.91. The van der Waals surface area contributed by atoms with Crippen LogP contribution in [0, 0.1) is 5.82 Å². The third-order valence-corrected chi connectivity index (χ3v) is 4.40. The van der Waals surface area contributed by atoms with E-state index in [9.17, 15) is 9.50 Å². The lowest BCUT2D eigenvalue weighted by atomic mass is 10.1. The second kappa shape index (κ2) is 7.57. The van der Waals surface area contributed by atoms with Crippen LogP contribution >= 0.6 is 0 Å². The maximum Gasteiger partial charge on any atom is 0.123 e. The molecule has 0 aromatic heterocycles. The van der Waals surface area contributed by atoms with Crippen molar-refractivity contribution in [2.45, 2.75) is 12.5 Å². The van der Waals surface area contributed by atoms with Gasteiger partial charge >= 0.3 is 0 Å². The number of aliphatic hydroxyl groups is 1. The molecule has 1 aliphatic rings. The molecule has 0 aliphatic carbocycles. The highest BCUT2D eigenvalue weighted by Crippen LogP contribution is 2.18. The predicted molar refractivity (Wildman–Crippen MR) is 91.1 cm³/mol. The van der Waals surface area contributed by atoms with E-state index in [-0.39, 0.29) is 5.82 Å². The van der Waals surface area contributed by atoms with Gasteiger partial charge in [0.15, 0.2) is 0 Å². The van der Waals surface area contributed by atoms with Crippen molar-refractivity contribution in [1.29, 1.82) is 0 Å². The topological polar surface area (TPSA) is 26.7 Å². The van der Waals surface area contributed by atoms with Gasteiger partial charge in [0.05, 0.1) is 6.10 Å². The van der Waals surface area contributed by atoms with Crippen LogP contribution in [-0.4, -0.2) is 42.7 Å². The van der Waals surface area contributed by atoms with Gasteiger partial charge in [0.1, 0.15) is 5.82 Å². The molecule has 3 rings (SSSR count). The van der Waals surface area contributed by atoms with Gasteiger partial charge in [0.2, 0.25) is 0 Å². The third-order valence-electron chi connectivity index (χ3n) is 4.40. The molecule has 3 nitrogen and oxygen atoms in total. The zero-order valence-corrected chi connectivity index (χ0v) is 13.2. The molecule has 1 unspecified atom stereocenters. The van der Waals surface area contributed by atoms with Crippen molar-refractivity contribution < 1.29 is 9.50 Å². The number of hydrogen-bond acceptors (Lipinski definition) is 3. The highest BCUT2D eigenvalue weighted by Gasteiger charge is 2.18. The molecule has 0 spiro atoms. The minimum Gasteiger partial charge on any atom is -0.387 e. The molecule has 23 heavy (non-hydrogen) atoms. The van der Waals surface area contributed by atoms with E-state index in [1.54, 1.807) is 12.1 Å². The molecular weight excluding hydrogens is 291 g/mol. The van der Waals surface area contributed by atoms with Crippen LogP contribution in [0.4, 0.5) is 10.1 Å². The number of hydrogen-bond donors (Lipinski definition) is 1. The Bertz CT molecular complexity index is 603. The fraction of sp³-hybridized carbons (Fsp3) is 0.368. The normalized spacial score (nSPS) is 17.7. The average Bonchev–Trinajstić information content (AvgIpc) is 2.82. The summed E-state index contributed by atoms with van der Waals surface area (Å²) in [5, 5.41) is 10.4. The number of benzene rings is 2. The van der Waals surface area contributed by atoms with E-state index < -0.39 is 6.10 Å². The Morgan fingerprint density at radius 3 is 2.39 bits per heavy atom. The second-order valence-corrected chi connectivity index (χ2v) is 6.04. The van der Waals surface area contributed by atoms with Crippen molar-refractivity contribution in [3.63, 3.8) is 0 Å². The molecule has 122 valence electrons. The van der Waals surface area contributed by atoms with Gasteiger partial charge in [-0.1, -0.05) is 30.3 Å². The SMILES string of the molecule is OC(CN1CCCN(c2ccccc2)CC1)c1ccc(F)cc1. The number of aliphatic hydroxyl groups excluding tert-OH is 1. The molecule has 1 N–H and O–H groups in total. The summed E-state index contributed by atoms with van der Waals surface area (Å²) in [6.07, 6.45) is 0.504. The summed E-state index contributed by atoms with van der Waals surface area (Å²) in [4.78, 5) is 4.68. The number of rotatable bonds is 4. The molecule has 1 fully saturated rings. The highest BCUT2D eigenvalue weighted by atomic mass is 19.1. The molecule has 1 atom stereocenters. The standard InChI is InChI=1S/C19H23FN2O/c20-17-9-7-16(8-10-17)19(23)15-21-11-4-12-22(14-13-21)18-5-2-1-3-6-18/h1-3,5-10,19,23H,4,11-15H2. The van der Waals surface area contributed by atoms with E-state index in [1.807, 2.05) is 6.07 Å². The van der Waals surface area contributed by atoms with Crippen molar-refractivity contribution in [2.24, 2.45) is 0 Å². The van der Waals surface area contributed by atoms with Crippen molar-refractivity contribution in [1.82, 2.24) is 4.90 Å². The van der Waals surface area contributed by atoms with E-state index in [1.165, 1.54) is 17.8 Å². The molecule has 1 aliphatic heterocycles. The lowest BCUT2D eigenvalue weighted by Crippen LogP contribution is -2.33. The number of para-hydroxylation sites is 1. The van der Waals surface area contributed by atoms with Crippen molar-refractivity contribution in [2.75, 3.05) is 37.6 Å². The summed E-state index contributed by atoms with van der Waals surface area (Å²) in [6, 6.07) is 16.6. The van der Waals surface area contributed by atoms with Gasteiger partial charge < -0.3 is 10.0 Å². The maximum atomic E-state index is 13.0. The molecule has 2 aromatic rings. The largest absolute Gasteiger partial charge is 0.387 e. The fourth-order valence-corrected chi connectivity index (χ4v) is 3.09. The summed E-state index contributed by atoms with van der Waals surface area (Å²) in [6.45, 7) is 4.48. The summed E-state index contributed by atoms with van der Waals surface area (Å²) < 4.78 is 13.0. The van der Waals surface area contributed by atoms with Gasteiger partial charge in [-0.05, 0) is 36.2 Å². The number of anilines is 1. The third kappa shape index (κ3) is 4.30. The summed E-state index contributed by atoms with van der Waals surface area (Å²) in [5.74, 6) is -0.269. The Kier molecular flexibility index (Phi) is 5.26. The van der Waals surface area contributed by atoms with Crippen LogP contribution in [0.3, 0.4) is 0 Å². The first-order chi connectivity index (χ1) is 11.2. The minimum atomic E-state index is -0.570. The maximum absolute atomic E-state index is 13.0. The quantitative estimate of drug-likeness (QED) is 0.939. The first-order valence-electron chi connectivity index (χ1n) is 8.18. The molecule has 1 heterocycles. The summed E-state index contributed by atoms with van der Waals surface area (Å²) >= 11 is 0. The van der Waals surface area contributed by atoms with Crippen LogP contribution in [0.1, 0.15) is 18.1 Å². The van der Waals surface area contributed by atoms with Gasteiger partial charge in [-0.3, -0.25) is 4.90 Å². The predicted octanol–water partition coefficient (Wildman–Crippen LogP) is 3.07. The molecule has 1 saturated heterocycles. The molecule has 2 aromatic carbocycles. The zero-order valence-electron chi connectivity index (χ0n) is 13.2. The molecule has 0 amide bonds. The van der Waals surface area contributed by atoms with Crippen LogP contribution in [0.25, 0.3) is 0 Å². The monoisotopic (exact) mass is 314 g/mol. The van der Waals surface area contributed by atoms with Gasteiger partial charge in [-0.25, -0.2) is 4.39 Å². The summed E-state index contributed by atoms with van der Waals surface area (Å²) in [7, 11) is 0. The van der Waals surface area contributed by atoms with E-state index in [0.29, 0.717) is 6.54 Å². The number of halogens is 1. The van der Waals surface area contributed by atoms with Crippen molar-refractivity contribution in [3.8, 4) is 0 Å². The number of β-amino-alcohol motifs (C(OH)–C–C–N with tert-alkyl or cyclic N) is 1. The van der Waals surface area contributed by atoms with Gasteiger partial charge in [-0.15, -0.1) is 0 Å². The fourth-order valence-electron chi connectivity index (χ4n) is 3.09. The van der Waals surface area contributed by atoms with Crippen LogP contribution in [-0.2, 0) is 0 Å². The number of nitrogens with zero attached hydrogens (tertiary/aromatic N) is 2. The van der Waals surface area contributed by atoms with Crippen LogP contribution in [0.5, 0.6) is 0 Å². The van der Waals surface area contributed by atoms with Crippen LogP contribution in [0.2, 0.25) is 0 Å². The lowest BCUT2D eigenvalue weighted by Gasteiger charge is -2.25. The second-order valence-electron chi connectivity index (χ2n) is 6.04. The molecule has 4 heteroatoms. The minimum absolute atomic E-state index is 0.269. The van der Waals surface area contributed by atoms with Gasteiger partial charge in [-0.2, -0.15) is 0 Å². The Morgan fingerprint density at radius 2 is 1.65 bits per heavy atom.